The first-order chi connectivity index (χ1) is 9.83. The van der Waals surface area contributed by atoms with Crippen molar-refractivity contribution >= 4 is 34.3 Å². The molecule has 0 bridgehead atoms. The average Bonchev–Trinajstić information content (AvgIpc) is 2.46. The summed E-state index contributed by atoms with van der Waals surface area (Å²) in [6.45, 7) is 5.73. The smallest absolute Gasteiger partial charge is 0.341 e. The van der Waals surface area contributed by atoms with Gasteiger partial charge in [0.15, 0.2) is 11.0 Å². The second kappa shape index (κ2) is 7.61. The van der Waals surface area contributed by atoms with Crippen LogP contribution in [-0.4, -0.2) is 29.7 Å². The molecule has 1 aliphatic rings. The van der Waals surface area contributed by atoms with E-state index in [9.17, 15) is 9.18 Å². The predicted molar refractivity (Wildman–Crippen MR) is 82.7 cm³/mol. The van der Waals surface area contributed by atoms with Crippen molar-refractivity contribution in [1.29, 1.82) is 0 Å². The van der Waals surface area contributed by atoms with Crippen LogP contribution in [0.3, 0.4) is 0 Å². The van der Waals surface area contributed by atoms with Gasteiger partial charge >= 0.3 is 5.97 Å². The normalized spacial score (nSPS) is 18.7. The zero-order valence-corrected chi connectivity index (χ0v) is 13.8. The number of nitrogens with zero attached hydrogens (tertiary/aromatic N) is 2. The molecule has 0 fully saturated rings. The summed E-state index contributed by atoms with van der Waals surface area (Å²) in [4.78, 5) is 17.3. The van der Waals surface area contributed by atoms with Crippen LogP contribution in [0.25, 0.3) is 0 Å². The monoisotopic (exact) mass is 334 g/mol. The van der Waals surface area contributed by atoms with Crippen LogP contribution in [0.15, 0.2) is 39.0 Å². The van der Waals surface area contributed by atoms with E-state index < -0.39 is 17.0 Å². The number of hydrogen-bond donors (Lipinski definition) is 0. The largest absolute Gasteiger partial charge is 0.462 e. The van der Waals surface area contributed by atoms with Gasteiger partial charge in [-0.2, -0.15) is 0 Å². The molecule has 0 saturated carbocycles. The maximum atomic E-state index is 13.6. The Hall–Kier alpha value is -1.33. The van der Waals surface area contributed by atoms with Gasteiger partial charge in [0.25, 0.3) is 0 Å². The van der Waals surface area contributed by atoms with Gasteiger partial charge in [-0.3, -0.25) is 0 Å². The Morgan fingerprint density at radius 1 is 1.43 bits per heavy atom. The number of halogens is 3. The summed E-state index contributed by atoms with van der Waals surface area (Å²) in [6, 6.07) is 0. The highest BCUT2D eigenvalue weighted by Crippen LogP contribution is 2.30. The van der Waals surface area contributed by atoms with E-state index in [0.29, 0.717) is 0 Å². The SMILES string of the molecule is CCOC(=O)/C(C=C(C)CC)=C1\N=C(Cl)C(F)=C(Cl)N1C. The lowest BCUT2D eigenvalue weighted by molar-refractivity contribution is -0.138. The van der Waals surface area contributed by atoms with E-state index in [2.05, 4.69) is 4.99 Å². The Labute approximate surface area is 133 Å². The number of esters is 1. The molecule has 0 aromatic heterocycles. The van der Waals surface area contributed by atoms with Gasteiger partial charge in [-0.05, 0) is 26.3 Å². The van der Waals surface area contributed by atoms with Crippen LogP contribution in [-0.2, 0) is 9.53 Å². The van der Waals surface area contributed by atoms with Gasteiger partial charge in [0, 0.05) is 7.05 Å². The number of carbonyl (C=O) groups is 1. The Bertz CT molecular complexity index is 565. The quantitative estimate of drug-likeness (QED) is 0.442. The van der Waals surface area contributed by atoms with E-state index in [0.717, 1.165) is 12.0 Å². The van der Waals surface area contributed by atoms with Crippen molar-refractivity contribution in [1.82, 2.24) is 4.90 Å². The molecule has 0 aromatic rings. The van der Waals surface area contributed by atoms with Gasteiger partial charge in [0.05, 0.1) is 6.61 Å². The third-order valence-corrected chi connectivity index (χ3v) is 3.53. The standard InChI is InChI=1S/C14H17Cl2FN2O2/c1-5-8(3)7-9(14(20)21-6-2)13-18-11(15)10(17)12(16)19(13)4/h7H,5-6H2,1-4H3/b8-7?,13-9+. The summed E-state index contributed by atoms with van der Waals surface area (Å²) in [7, 11) is 1.50. The highest BCUT2D eigenvalue weighted by Gasteiger charge is 2.27. The molecule has 0 saturated heterocycles. The van der Waals surface area contributed by atoms with E-state index in [1.54, 1.807) is 13.0 Å². The van der Waals surface area contributed by atoms with Crippen LogP contribution >= 0.6 is 23.2 Å². The second-order valence-electron chi connectivity index (χ2n) is 4.37. The summed E-state index contributed by atoms with van der Waals surface area (Å²) < 4.78 is 18.6. The van der Waals surface area contributed by atoms with Gasteiger partial charge in [-0.15, -0.1) is 0 Å². The van der Waals surface area contributed by atoms with Gasteiger partial charge in [0.1, 0.15) is 16.6 Å². The van der Waals surface area contributed by atoms with Crippen molar-refractivity contribution in [2.75, 3.05) is 13.7 Å². The van der Waals surface area contributed by atoms with Crippen LogP contribution in [0, 0.1) is 0 Å². The molecule has 1 aliphatic heterocycles. The molecule has 0 amide bonds. The highest BCUT2D eigenvalue weighted by molar-refractivity contribution is 6.70. The zero-order chi connectivity index (χ0) is 16.2. The predicted octanol–water partition coefficient (Wildman–Crippen LogP) is 4.08. The maximum absolute atomic E-state index is 13.6. The summed E-state index contributed by atoms with van der Waals surface area (Å²) in [5.74, 6) is -1.24. The van der Waals surface area contributed by atoms with E-state index in [1.165, 1.54) is 11.9 Å². The fourth-order valence-electron chi connectivity index (χ4n) is 1.56. The third-order valence-electron chi connectivity index (χ3n) is 2.86. The molecular formula is C14H17Cl2FN2O2. The minimum Gasteiger partial charge on any atom is -0.462 e. The number of rotatable bonds is 4. The number of hydrogen-bond acceptors (Lipinski definition) is 4. The molecule has 116 valence electrons. The van der Waals surface area contributed by atoms with Crippen molar-refractivity contribution in [3.8, 4) is 0 Å². The fraction of sp³-hybridized carbons (Fsp3) is 0.429. The van der Waals surface area contributed by atoms with Crippen molar-refractivity contribution in [3.63, 3.8) is 0 Å². The Balaban J connectivity index is 3.45. The number of allylic oxidation sites excluding steroid dienone is 2. The molecule has 21 heavy (non-hydrogen) atoms. The van der Waals surface area contributed by atoms with E-state index in [-0.39, 0.29) is 23.2 Å². The van der Waals surface area contributed by atoms with Gasteiger partial charge < -0.3 is 9.64 Å². The summed E-state index contributed by atoms with van der Waals surface area (Å²) in [5.41, 5.74) is 1.12. The molecule has 1 heterocycles. The summed E-state index contributed by atoms with van der Waals surface area (Å²) in [5, 5.41) is -0.619. The molecule has 0 aliphatic carbocycles. The van der Waals surface area contributed by atoms with E-state index in [4.69, 9.17) is 27.9 Å². The lowest BCUT2D eigenvalue weighted by Crippen LogP contribution is -2.24. The molecule has 0 radical (unpaired) electrons. The van der Waals surface area contributed by atoms with Crippen molar-refractivity contribution in [2.24, 2.45) is 4.99 Å². The van der Waals surface area contributed by atoms with E-state index >= 15 is 0 Å². The van der Waals surface area contributed by atoms with Crippen molar-refractivity contribution < 1.29 is 13.9 Å². The Morgan fingerprint density at radius 3 is 2.57 bits per heavy atom. The van der Waals surface area contributed by atoms with Crippen LogP contribution in [0.4, 0.5) is 4.39 Å². The first-order valence-corrected chi connectivity index (χ1v) is 7.21. The Morgan fingerprint density at radius 2 is 2.05 bits per heavy atom. The number of aliphatic imine (C=N–C) groups is 1. The van der Waals surface area contributed by atoms with Crippen LogP contribution < -0.4 is 0 Å². The molecule has 0 atom stereocenters. The van der Waals surface area contributed by atoms with E-state index in [1.807, 2.05) is 13.8 Å². The molecule has 1 rings (SSSR count). The molecule has 7 heteroatoms. The van der Waals surface area contributed by atoms with Gasteiger partial charge in [-0.25, -0.2) is 14.2 Å². The van der Waals surface area contributed by atoms with Crippen LogP contribution in [0.1, 0.15) is 27.2 Å². The van der Waals surface area contributed by atoms with Crippen molar-refractivity contribution in [3.05, 3.63) is 34.0 Å². The fourth-order valence-corrected chi connectivity index (χ4v) is 1.94. The molecule has 0 aromatic carbocycles. The zero-order valence-electron chi connectivity index (χ0n) is 12.3. The first-order valence-electron chi connectivity index (χ1n) is 6.45. The number of ether oxygens (including phenoxy) is 1. The summed E-state index contributed by atoms with van der Waals surface area (Å²) >= 11 is 11.6. The molecule has 0 unspecified atom stereocenters. The first kappa shape index (κ1) is 17.7. The summed E-state index contributed by atoms with van der Waals surface area (Å²) in [6.07, 6.45) is 2.39. The minimum atomic E-state index is -0.830. The minimum absolute atomic E-state index is 0.151. The third kappa shape index (κ3) is 4.08. The van der Waals surface area contributed by atoms with Gasteiger partial charge in [-0.1, -0.05) is 35.7 Å². The topological polar surface area (TPSA) is 41.9 Å². The molecule has 4 nitrogen and oxygen atoms in total. The molecule has 0 N–H and O–H groups in total. The number of carbonyl (C=O) groups excluding carboxylic acids is 1. The lowest BCUT2D eigenvalue weighted by Gasteiger charge is -2.24. The maximum Gasteiger partial charge on any atom is 0.341 e. The van der Waals surface area contributed by atoms with Crippen LogP contribution in [0.5, 0.6) is 0 Å². The second-order valence-corrected chi connectivity index (χ2v) is 5.08. The van der Waals surface area contributed by atoms with Gasteiger partial charge in [0.2, 0.25) is 0 Å². The molecular weight excluding hydrogens is 318 g/mol. The van der Waals surface area contributed by atoms with Crippen LogP contribution in [0.2, 0.25) is 0 Å². The highest BCUT2D eigenvalue weighted by atomic mass is 35.5. The average molecular weight is 335 g/mol. The Kier molecular flexibility index (Phi) is 6.42. The lowest BCUT2D eigenvalue weighted by atomic mass is 10.1. The molecule has 0 spiro atoms. The van der Waals surface area contributed by atoms with Crippen molar-refractivity contribution in [2.45, 2.75) is 27.2 Å².